The molecule has 0 radical (unpaired) electrons. The molecule has 0 spiro atoms. The summed E-state index contributed by atoms with van der Waals surface area (Å²) in [6.45, 7) is 3.40. The molecular formula is C13H21N3. The first-order valence-electron chi connectivity index (χ1n) is 6.61. The highest BCUT2D eigenvalue weighted by atomic mass is 15.0. The van der Waals surface area contributed by atoms with Crippen LogP contribution in [0.3, 0.4) is 0 Å². The van der Waals surface area contributed by atoms with Crippen LogP contribution in [0.2, 0.25) is 0 Å². The van der Waals surface area contributed by atoms with Crippen molar-refractivity contribution in [3.8, 4) is 0 Å². The molecule has 3 nitrogen and oxygen atoms in total. The summed E-state index contributed by atoms with van der Waals surface area (Å²) < 4.78 is 0. The van der Waals surface area contributed by atoms with E-state index in [1.165, 1.54) is 43.5 Å². The summed E-state index contributed by atoms with van der Waals surface area (Å²) >= 11 is 0. The third-order valence-electron chi connectivity index (χ3n) is 4.46. The molecule has 0 aromatic carbocycles. The third kappa shape index (κ3) is 1.41. The van der Waals surface area contributed by atoms with Gasteiger partial charge in [-0.25, -0.2) is 4.98 Å². The van der Waals surface area contributed by atoms with E-state index >= 15 is 0 Å². The number of rotatable bonds is 3. The average molecular weight is 219 g/mol. The van der Waals surface area contributed by atoms with Gasteiger partial charge in [-0.05, 0) is 24.7 Å². The van der Waals surface area contributed by atoms with Gasteiger partial charge >= 0.3 is 0 Å². The fourth-order valence-corrected chi connectivity index (χ4v) is 3.54. The maximum atomic E-state index is 4.55. The second-order valence-electron chi connectivity index (χ2n) is 5.37. The summed E-state index contributed by atoms with van der Waals surface area (Å²) in [6, 6.07) is 0.510. The first-order chi connectivity index (χ1) is 7.86. The predicted molar refractivity (Wildman–Crippen MR) is 64.2 cm³/mol. The van der Waals surface area contributed by atoms with Gasteiger partial charge in [0.05, 0.1) is 18.1 Å². The van der Waals surface area contributed by atoms with E-state index in [4.69, 9.17) is 0 Å². The lowest BCUT2D eigenvalue weighted by atomic mass is 9.60. The minimum absolute atomic E-state index is 0.510. The first kappa shape index (κ1) is 10.3. The Labute approximate surface area is 97.0 Å². The van der Waals surface area contributed by atoms with Crippen LogP contribution >= 0.6 is 0 Å². The third-order valence-corrected chi connectivity index (χ3v) is 4.46. The van der Waals surface area contributed by atoms with Gasteiger partial charge in [0.2, 0.25) is 0 Å². The van der Waals surface area contributed by atoms with Crippen LogP contribution in [0.15, 0.2) is 6.33 Å². The number of H-pyrrole nitrogens is 1. The number of nitrogens with zero attached hydrogens (tertiary/aromatic N) is 1. The van der Waals surface area contributed by atoms with Crippen LogP contribution in [0.5, 0.6) is 0 Å². The van der Waals surface area contributed by atoms with Crippen molar-refractivity contribution in [3.63, 3.8) is 0 Å². The van der Waals surface area contributed by atoms with Crippen LogP contribution in [0, 0.1) is 5.41 Å². The summed E-state index contributed by atoms with van der Waals surface area (Å²) in [6.07, 6.45) is 9.76. The van der Waals surface area contributed by atoms with Gasteiger partial charge in [0.25, 0.3) is 0 Å². The Hall–Kier alpha value is -0.830. The molecule has 1 aliphatic carbocycles. The van der Waals surface area contributed by atoms with Crippen LogP contribution in [0.1, 0.15) is 56.5 Å². The standard InChI is InChI=1S/C13H21N3/c1-2-5-13(6-3-7-13)12-11-10(4-8-14-12)15-9-16-11/h9,12,14H,2-8H2,1H3,(H,15,16). The molecule has 88 valence electrons. The van der Waals surface area contributed by atoms with Crippen molar-refractivity contribution in [2.24, 2.45) is 5.41 Å². The molecule has 0 bridgehead atoms. The zero-order chi connectivity index (χ0) is 11.0. The fourth-order valence-electron chi connectivity index (χ4n) is 3.54. The molecule has 2 heterocycles. The SMILES string of the molecule is CCCC1(C2NCCc3[nH]cnc32)CCC1. The number of imidazole rings is 1. The number of hydrogen-bond acceptors (Lipinski definition) is 2. The van der Waals surface area contributed by atoms with Gasteiger partial charge < -0.3 is 10.3 Å². The van der Waals surface area contributed by atoms with Crippen molar-refractivity contribution < 1.29 is 0 Å². The maximum Gasteiger partial charge on any atom is 0.0925 e. The molecule has 0 saturated heterocycles. The molecule has 1 fully saturated rings. The van der Waals surface area contributed by atoms with Crippen LogP contribution in [-0.4, -0.2) is 16.5 Å². The second-order valence-corrected chi connectivity index (χ2v) is 5.37. The molecule has 3 rings (SSSR count). The number of aromatic nitrogens is 2. The van der Waals surface area contributed by atoms with E-state index in [0.717, 1.165) is 13.0 Å². The van der Waals surface area contributed by atoms with E-state index < -0.39 is 0 Å². The van der Waals surface area contributed by atoms with Crippen molar-refractivity contribution >= 4 is 0 Å². The molecule has 1 saturated carbocycles. The van der Waals surface area contributed by atoms with Crippen molar-refractivity contribution in [1.82, 2.24) is 15.3 Å². The van der Waals surface area contributed by atoms with E-state index in [1.54, 1.807) is 0 Å². The highest BCUT2D eigenvalue weighted by Gasteiger charge is 2.46. The van der Waals surface area contributed by atoms with E-state index in [9.17, 15) is 0 Å². The monoisotopic (exact) mass is 219 g/mol. The minimum Gasteiger partial charge on any atom is -0.348 e. The zero-order valence-electron chi connectivity index (χ0n) is 10.1. The molecule has 2 aliphatic rings. The molecule has 3 heteroatoms. The minimum atomic E-state index is 0.510. The predicted octanol–water partition coefficient (Wildman–Crippen LogP) is 2.57. The van der Waals surface area contributed by atoms with E-state index in [1.807, 2.05) is 6.33 Å². The fraction of sp³-hybridized carbons (Fsp3) is 0.769. The molecule has 2 N–H and O–H groups in total. The van der Waals surface area contributed by atoms with Gasteiger partial charge in [-0.3, -0.25) is 0 Å². The van der Waals surface area contributed by atoms with E-state index in [2.05, 4.69) is 22.2 Å². The number of fused-ring (bicyclic) bond motifs is 1. The second kappa shape index (κ2) is 3.88. The molecule has 1 aromatic rings. The average Bonchev–Trinajstić information content (AvgIpc) is 2.71. The quantitative estimate of drug-likeness (QED) is 0.820. The molecule has 1 aromatic heterocycles. The van der Waals surface area contributed by atoms with Gasteiger partial charge in [-0.1, -0.05) is 19.8 Å². The number of nitrogens with one attached hydrogen (secondary N) is 2. The highest BCUT2D eigenvalue weighted by molar-refractivity contribution is 5.23. The highest BCUT2D eigenvalue weighted by Crippen LogP contribution is 2.54. The Kier molecular flexibility index (Phi) is 2.51. The van der Waals surface area contributed by atoms with Gasteiger partial charge in [0.1, 0.15) is 0 Å². The summed E-state index contributed by atoms with van der Waals surface area (Å²) in [5.74, 6) is 0. The first-order valence-corrected chi connectivity index (χ1v) is 6.61. The molecule has 16 heavy (non-hydrogen) atoms. The molecule has 1 atom stereocenters. The van der Waals surface area contributed by atoms with Gasteiger partial charge in [0.15, 0.2) is 0 Å². The van der Waals surface area contributed by atoms with Crippen LogP contribution in [-0.2, 0) is 6.42 Å². The smallest absolute Gasteiger partial charge is 0.0925 e. The Morgan fingerprint density at radius 3 is 3.06 bits per heavy atom. The normalized spacial score (nSPS) is 27.2. The number of aromatic amines is 1. The summed E-state index contributed by atoms with van der Waals surface area (Å²) in [5.41, 5.74) is 3.18. The van der Waals surface area contributed by atoms with Crippen LogP contribution < -0.4 is 5.32 Å². The molecule has 1 unspecified atom stereocenters. The largest absolute Gasteiger partial charge is 0.348 e. The van der Waals surface area contributed by atoms with Crippen LogP contribution in [0.4, 0.5) is 0 Å². The Bertz CT molecular complexity index is 365. The lowest BCUT2D eigenvalue weighted by Gasteiger charge is -2.49. The summed E-state index contributed by atoms with van der Waals surface area (Å²) in [7, 11) is 0. The summed E-state index contributed by atoms with van der Waals surface area (Å²) in [5, 5.41) is 3.71. The van der Waals surface area contributed by atoms with Crippen LogP contribution in [0.25, 0.3) is 0 Å². The Morgan fingerprint density at radius 2 is 2.38 bits per heavy atom. The lowest BCUT2D eigenvalue weighted by Crippen LogP contribution is -2.46. The Balaban J connectivity index is 1.90. The maximum absolute atomic E-state index is 4.55. The van der Waals surface area contributed by atoms with Crippen molar-refractivity contribution in [2.45, 2.75) is 51.5 Å². The summed E-state index contributed by atoms with van der Waals surface area (Å²) in [4.78, 5) is 7.85. The number of hydrogen-bond donors (Lipinski definition) is 2. The topological polar surface area (TPSA) is 40.7 Å². The Morgan fingerprint density at radius 1 is 1.50 bits per heavy atom. The van der Waals surface area contributed by atoms with Gasteiger partial charge in [-0.15, -0.1) is 0 Å². The van der Waals surface area contributed by atoms with E-state index in [0.29, 0.717) is 11.5 Å². The zero-order valence-corrected chi connectivity index (χ0v) is 10.1. The molecular weight excluding hydrogens is 198 g/mol. The van der Waals surface area contributed by atoms with Crippen molar-refractivity contribution in [3.05, 3.63) is 17.7 Å². The van der Waals surface area contributed by atoms with Crippen molar-refractivity contribution in [2.75, 3.05) is 6.54 Å². The lowest BCUT2D eigenvalue weighted by molar-refractivity contribution is 0.0560. The van der Waals surface area contributed by atoms with Gasteiger partial charge in [0, 0.05) is 18.7 Å². The van der Waals surface area contributed by atoms with Gasteiger partial charge in [-0.2, -0.15) is 0 Å². The van der Waals surface area contributed by atoms with Crippen molar-refractivity contribution in [1.29, 1.82) is 0 Å². The molecule has 0 amide bonds. The molecule has 1 aliphatic heterocycles. The van der Waals surface area contributed by atoms with E-state index in [-0.39, 0.29) is 0 Å².